The van der Waals surface area contributed by atoms with Crippen LogP contribution in [-0.2, 0) is 5.41 Å². The molecule has 1 fully saturated rings. The van der Waals surface area contributed by atoms with Gasteiger partial charge in [-0.25, -0.2) is 0 Å². The quantitative estimate of drug-likeness (QED) is 0.850. The number of para-hydroxylation sites is 1. The number of piperazine rings is 1. The Kier molecular flexibility index (Phi) is 4.56. The fraction of sp³-hybridized carbons (Fsp3) is 0.400. The zero-order valence-corrected chi connectivity index (χ0v) is 14.7. The Labute approximate surface area is 144 Å². The zero-order valence-electron chi connectivity index (χ0n) is 14.7. The Balaban J connectivity index is 1.71. The molecule has 0 N–H and O–H groups in total. The lowest BCUT2D eigenvalue weighted by atomic mass is 9.85. The molecule has 0 unspecified atom stereocenters. The fourth-order valence-corrected chi connectivity index (χ4v) is 3.19. The maximum Gasteiger partial charge on any atom is 0.272 e. The van der Waals surface area contributed by atoms with Crippen molar-refractivity contribution in [1.29, 1.82) is 0 Å². The Bertz CT molecular complexity index is 698. The highest BCUT2D eigenvalue weighted by molar-refractivity contribution is 5.92. The topological polar surface area (TPSA) is 36.4 Å². The van der Waals surface area contributed by atoms with Gasteiger partial charge in [0.2, 0.25) is 0 Å². The first-order valence-electron chi connectivity index (χ1n) is 8.51. The van der Waals surface area contributed by atoms with E-state index < -0.39 is 0 Å². The summed E-state index contributed by atoms with van der Waals surface area (Å²) < 4.78 is 0. The molecule has 0 spiro atoms. The molecule has 1 amide bonds. The molecular formula is C20H25N3O. The van der Waals surface area contributed by atoms with Gasteiger partial charge in [0.1, 0.15) is 5.69 Å². The van der Waals surface area contributed by atoms with Crippen molar-refractivity contribution in [2.24, 2.45) is 0 Å². The second-order valence-corrected chi connectivity index (χ2v) is 7.26. The lowest BCUT2D eigenvalue weighted by Gasteiger charge is -2.38. The van der Waals surface area contributed by atoms with Crippen LogP contribution in [0.1, 0.15) is 36.8 Å². The highest BCUT2D eigenvalue weighted by atomic mass is 16.2. The maximum absolute atomic E-state index is 12.5. The molecule has 4 nitrogen and oxygen atoms in total. The third-order valence-electron chi connectivity index (χ3n) is 4.50. The fourth-order valence-electron chi connectivity index (χ4n) is 3.19. The minimum absolute atomic E-state index is 0.0272. The first-order chi connectivity index (χ1) is 11.5. The highest BCUT2D eigenvalue weighted by Gasteiger charge is 2.26. The summed E-state index contributed by atoms with van der Waals surface area (Å²) in [5.41, 5.74) is 3.28. The van der Waals surface area contributed by atoms with Crippen molar-refractivity contribution in [2.45, 2.75) is 26.2 Å². The molecule has 0 radical (unpaired) electrons. The van der Waals surface area contributed by atoms with Crippen molar-refractivity contribution >= 4 is 11.6 Å². The molecule has 0 saturated carbocycles. The first kappa shape index (κ1) is 16.5. The van der Waals surface area contributed by atoms with Crippen LogP contribution in [0.5, 0.6) is 0 Å². The molecule has 1 aromatic carbocycles. The number of benzene rings is 1. The predicted octanol–water partition coefficient (Wildman–Crippen LogP) is 3.34. The van der Waals surface area contributed by atoms with E-state index >= 15 is 0 Å². The van der Waals surface area contributed by atoms with Crippen LogP contribution in [0, 0.1) is 0 Å². The molecule has 1 aliphatic heterocycles. The number of rotatable bonds is 2. The number of nitrogens with zero attached hydrogens (tertiary/aromatic N) is 3. The Morgan fingerprint density at radius 1 is 0.958 bits per heavy atom. The van der Waals surface area contributed by atoms with Crippen LogP contribution in [0.3, 0.4) is 0 Å². The van der Waals surface area contributed by atoms with Crippen molar-refractivity contribution in [1.82, 2.24) is 9.88 Å². The van der Waals surface area contributed by atoms with Crippen molar-refractivity contribution < 1.29 is 4.79 Å². The van der Waals surface area contributed by atoms with Crippen LogP contribution in [0.2, 0.25) is 0 Å². The number of pyridine rings is 1. The van der Waals surface area contributed by atoms with Gasteiger partial charge in [-0.2, -0.15) is 0 Å². The summed E-state index contributed by atoms with van der Waals surface area (Å²) in [6, 6.07) is 14.1. The Hall–Kier alpha value is -2.36. The molecule has 1 aromatic heterocycles. The molecule has 1 saturated heterocycles. The Morgan fingerprint density at radius 2 is 1.62 bits per heavy atom. The summed E-state index contributed by atoms with van der Waals surface area (Å²) in [4.78, 5) is 21.0. The number of amides is 1. The molecule has 0 bridgehead atoms. The van der Waals surface area contributed by atoms with Crippen LogP contribution in [0.4, 0.5) is 5.69 Å². The minimum atomic E-state index is 0.0272. The second-order valence-electron chi connectivity index (χ2n) is 7.26. The van der Waals surface area contributed by atoms with E-state index in [4.69, 9.17) is 0 Å². The van der Waals surface area contributed by atoms with E-state index in [1.807, 2.05) is 17.0 Å². The third kappa shape index (κ3) is 3.42. The molecule has 2 aromatic rings. The van der Waals surface area contributed by atoms with Crippen LogP contribution >= 0.6 is 0 Å². The van der Waals surface area contributed by atoms with Crippen LogP contribution in [0.25, 0.3) is 0 Å². The number of hydrogen-bond donors (Lipinski definition) is 0. The summed E-state index contributed by atoms with van der Waals surface area (Å²) in [6.07, 6.45) is 1.67. The van der Waals surface area contributed by atoms with Gasteiger partial charge in [-0.1, -0.05) is 45.0 Å². The van der Waals surface area contributed by atoms with E-state index in [-0.39, 0.29) is 11.3 Å². The standard InChI is InChI=1S/C20H25N3O/c1-20(2,3)16-8-4-5-10-18(16)22-12-14-23(15-13-22)19(24)17-9-6-7-11-21-17/h4-11H,12-15H2,1-3H3. The molecule has 126 valence electrons. The number of anilines is 1. The number of aromatic nitrogens is 1. The van der Waals surface area contributed by atoms with Gasteiger partial charge in [0.05, 0.1) is 0 Å². The van der Waals surface area contributed by atoms with Crippen molar-refractivity contribution in [2.75, 3.05) is 31.1 Å². The smallest absolute Gasteiger partial charge is 0.272 e. The van der Waals surface area contributed by atoms with Crippen molar-refractivity contribution in [3.63, 3.8) is 0 Å². The first-order valence-corrected chi connectivity index (χ1v) is 8.51. The molecule has 0 atom stereocenters. The molecule has 1 aliphatic rings. The van der Waals surface area contributed by atoms with Crippen LogP contribution < -0.4 is 4.90 Å². The van der Waals surface area contributed by atoms with Crippen molar-refractivity contribution in [3.8, 4) is 0 Å². The van der Waals surface area contributed by atoms with Gasteiger partial charge < -0.3 is 9.80 Å². The van der Waals surface area contributed by atoms with Gasteiger partial charge in [-0.15, -0.1) is 0 Å². The molecular weight excluding hydrogens is 298 g/mol. The van der Waals surface area contributed by atoms with Gasteiger partial charge in [0.25, 0.3) is 5.91 Å². The minimum Gasteiger partial charge on any atom is -0.368 e. The number of carbonyl (C=O) groups is 1. The average molecular weight is 323 g/mol. The van der Waals surface area contributed by atoms with Gasteiger partial charge in [-0.05, 0) is 29.2 Å². The third-order valence-corrected chi connectivity index (χ3v) is 4.50. The molecule has 0 aliphatic carbocycles. The lowest BCUT2D eigenvalue weighted by molar-refractivity contribution is 0.0741. The van der Waals surface area contributed by atoms with E-state index in [2.05, 4.69) is 54.9 Å². The number of carbonyl (C=O) groups excluding carboxylic acids is 1. The van der Waals surface area contributed by atoms with Gasteiger partial charge in [0, 0.05) is 38.1 Å². The lowest BCUT2D eigenvalue weighted by Crippen LogP contribution is -2.49. The Morgan fingerprint density at radius 3 is 2.25 bits per heavy atom. The molecule has 4 heteroatoms. The van der Waals surface area contributed by atoms with Crippen LogP contribution in [-0.4, -0.2) is 42.0 Å². The molecule has 24 heavy (non-hydrogen) atoms. The van der Waals surface area contributed by atoms with E-state index in [0.717, 1.165) is 26.2 Å². The summed E-state index contributed by atoms with van der Waals surface area (Å²) >= 11 is 0. The summed E-state index contributed by atoms with van der Waals surface area (Å²) in [5, 5.41) is 0. The van der Waals surface area contributed by atoms with E-state index in [0.29, 0.717) is 5.69 Å². The molecule has 3 rings (SSSR count). The average Bonchev–Trinajstić information content (AvgIpc) is 2.61. The van der Waals surface area contributed by atoms with Gasteiger partial charge in [-0.3, -0.25) is 9.78 Å². The van der Waals surface area contributed by atoms with E-state index in [1.165, 1.54) is 11.3 Å². The normalized spacial score (nSPS) is 15.5. The summed E-state index contributed by atoms with van der Waals surface area (Å²) in [5.74, 6) is 0.0272. The largest absolute Gasteiger partial charge is 0.368 e. The zero-order chi connectivity index (χ0) is 17.2. The summed E-state index contributed by atoms with van der Waals surface area (Å²) in [6.45, 7) is 9.89. The molecule has 2 heterocycles. The predicted molar refractivity (Wildman–Crippen MR) is 97.5 cm³/mol. The second kappa shape index (κ2) is 6.63. The van der Waals surface area contributed by atoms with Crippen molar-refractivity contribution in [3.05, 3.63) is 59.9 Å². The van der Waals surface area contributed by atoms with Crippen LogP contribution in [0.15, 0.2) is 48.7 Å². The number of hydrogen-bond acceptors (Lipinski definition) is 3. The van der Waals surface area contributed by atoms with E-state index in [1.54, 1.807) is 12.3 Å². The highest BCUT2D eigenvalue weighted by Crippen LogP contribution is 2.32. The summed E-state index contributed by atoms with van der Waals surface area (Å²) in [7, 11) is 0. The SMILES string of the molecule is CC(C)(C)c1ccccc1N1CCN(C(=O)c2ccccn2)CC1. The van der Waals surface area contributed by atoms with Gasteiger partial charge in [0.15, 0.2) is 0 Å². The monoisotopic (exact) mass is 323 g/mol. The van der Waals surface area contributed by atoms with E-state index in [9.17, 15) is 4.79 Å². The van der Waals surface area contributed by atoms with Gasteiger partial charge >= 0.3 is 0 Å². The maximum atomic E-state index is 12.5.